The molecule has 0 fully saturated rings. The first-order valence-electron chi connectivity index (χ1n) is 8.22. The molecule has 4 rings (SSSR count). The molecule has 4 heteroatoms. The number of nitrogens with zero attached hydrogens (tertiary/aromatic N) is 1. The molecule has 1 atom stereocenters. The van der Waals surface area contributed by atoms with Gasteiger partial charge in [-0.1, -0.05) is 30.3 Å². The molecule has 0 saturated carbocycles. The van der Waals surface area contributed by atoms with E-state index in [0.29, 0.717) is 0 Å². The average molecular weight is 392 g/mol. The maximum Gasteiger partial charge on any atom is 0.0792 e. The van der Waals surface area contributed by atoms with Gasteiger partial charge in [0.25, 0.3) is 0 Å². The highest BCUT2D eigenvalue weighted by Gasteiger charge is 2.21. The highest BCUT2D eigenvalue weighted by molar-refractivity contribution is 9.10. The lowest BCUT2D eigenvalue weighted by Gasteiger charge is -2.22. The molecule has 0 aliphatic heterocycles. The summed E-state index contributed by atoms with van der Waals surface area (Å²) in [4.78, 5) is 7.68. The lowest BCUT2D eigenvalue weighted by molar-refractivity contribution is 0.927. The van der Waals surface area contributed by atoms with Crippen LogP contribution in [0.15, 0.2) is 77.5 Å². The van der Waals surface area contributed by atoms with E-state index in [4.69, 9.17) is 0 Å². The van der Waals surface area contributed by atoms with E-state index in [1.807, 2.05) is 30.6 Å². The monoisotopic (exact) mass is 391 g/mol. The number of hydrogen-bond donors (Lipinski definition) is 2. The molecule has 0 spiro atoms. The molecule has 0 amide bonds. The largest absolute Gasteiger partial charge is 0.373 e. The van der Waals surface area contributed by atoms with Crippen molar-refractivity contribution in [3.63, 3.8) is 0 Å². The van der Waals surface area contributed by atoms with E-state index in [-0.39, 0.29) is 6.04 Å². The van der Waals surface area contributed by atoms with Gasteiger partial charge in [-0.25, -0.2) is 0 Å². The van der Waals surface area contributed by atoms with Gasteiger partial charge in [0.05, 0.1) is 6.04 Å². The SMILES string of the molecule is Cc1[nH]c2ccccc2c1[C@@H](Nc1ccccc1Br)c1ccncc1. The predicted octanol–water partition coefficient (Wildman–Crippen LogP) is 5.84. The predicted molar refractivity (Wildman–Crippen MR) is 107 cm³/mol. The molecule has 0 saturated heterocycles. The molecule has 0 aliphatic carbocycles. The first-order valence-corrected chi connectivity index (χ1v) is 9.01. The molecule has 0 unspecified atom stereocenters. The van der Waals surface area contributed by atoms with Gasteiger partial charge in [0, 0.05) is 44.7 Å². The summed E-state index contributed by atoms with van der Waals surface area (Å²) in [6.45, 7) is 2.13. The summed E-state index contributed by atoms with van der Waals surface area (Å²) in [5.41, 5.74) is 5.83. The molecule has 2 heterocycles. The van der Waals surface area contributed by atoms with Crippen molar-refractivity contribution in [2.75, 3.05) is 5.32 Å². The minimum absolute atomic E-state index is 0.0258. The van der Waals surface area contributed by atoms with Crippen molar-refractivity contribution in [1.29, 1.82) is 0 Å². The Morgan fingerprint density at radius 3 is 2.48 bits per heavy atom. The summed E-state index contributed by atoms with van der Waals surface area (Å²) < 4.78 is 1.05. The highest BCUT2D eigenvalue weighted by Crippen LogP contribution is 2.35. The number of benzene rings is 2. The summed E-state index contributed by atoms with van der Waals surface area (Å²) in [5, 5.41) is 4.94. The number of anilines is 1. The van der Waals surface area contributed by atoms with Crippen LogP contribution < -0.4 is 5.32 Å². The summed E-state index contributed by atoms with van der Waals surface area (Å²) >= 11 is 3.65. The molecule has 2 aromatic heterocycles. The number of para-hydroxylation sites is 2. The number of H-pyrrole nitrogens is 1. The summed E-state index contributed by atoms with van der Waals surface area (Å²) in [6.07, 6.45) is 3.68. The van der Waals surface area contributed by atoms with Crippen LogP contribution in [0.3, 0.4) is 0 Å². The average Bonchev–Trinajstić information content (AvgIpc) is 2.97. The summed E-state index contributed by atoms with van der Waals surface area (Å²) in [6, 6.07) is 20.8. The Morgan fingerprint density at radius 1 is 0.960 bits per heavy atom. The third-order valence-electron chi connectivity index (χ3n) is 4.45. The van der Waals surface area contributed by atoms with E-state index in [9.17, 15) is 0 Å². The second kappa shape index (κ2) is 6.73. The van der Waals surface area contributed by atoms with E-state index < -0.39 is 0 Å². The zero-order chi connectivity index (χ0) is 17.2. The molecular formula is C21H18BrN3. The van der Waals surface area contributed by atoms with E-state index in [0.717, 1.165) is 15.7 Å². The third-order valence-corrected chi connectivity index (χ3v) is 5.14. The summed E-state index contributed by atoms with van der Waals surface area (Å²) in [5.74, 6) is 0. The van der Waals surface area contributed by atoms with Gasteiger partial charge >= 0.3 is 0 Å². The molecule has 2 N–H and O–H groups in total. The number of rotatable bonds is 4. The Balaban J connectivity index is 1.88. The molecule has 0 radical (unpaired) electrons. The Kier molecular flexibility index (Phi) is 4.28. The van der Waals surface area contributed by atoms with Gasteiger partial charge < -0.3 is 10.3 Å². The van der Waals surface area contributed by atoms with Gasteiger partial charge in [-0.2, -0.15) is 0 Å². The van der Waals surface area contributed by atoms with Gasteiger partial charge in [-0.15, -0.1) is 0 Å². The molecule has 4 aromatic rings. The fourth-order valence-corrected chi connectivity index (χ4v) is 3.68. The van der Waals surface area contributed by atoms with Crippen LogP contribution in [0.2, 0.25) is 0 Å². The molecule has 0 bridgehead atoms. The third kappa shape index (κ3) is 3.05. The van der Waals surface area contributed by atoms with Crippen molar-refractivity contribution in [1.82, 2.24) is 9.97 Å². The van der Waals surface area contributed by atoms with Crippen LogP contribution in [0.5, 0.6) is 0 Å². The Labute approximate surface area is 155 Å². The van der Waals surface area contributed by atoms with Gasteiger partial charge in [0.1, 0.15) is 0 Å². The van der Waals surface area contributed by atoms with E-state index in [1.165, 1.54) is 22.2 Å². The Morgan fingerprint density at radius 2 is 1.68 bits per heavy atom. The van der Waals surface area contributed by atoms with Gasteiger partial charge in [0.2, 0.25) is 0 Å². The van der Waals surface area contributed by atoms with Crippen molar-refractivity contribution in [2.45, 2.75) is 13.0 Å². The van der Waals surface area contributed by atoms with Gasteiger partial charge in [-0.05, 0) is 58.7 Å². The van der Waals surface area contributed by atoms with Crippen molar-refractivity contribution in [2.24, 2.45) is 0 Å². The first-order chi connectivity index (χ1) is 12.2. The van der Waals surface area contributed by atoms with Crippen molar-refractivity contribution >= 4 is 32.5 Å². The van der Waals surface area contributed by atoms with Crippen LogP contribution in [0.25, 0.3) is 10.9 Å². The number of pyridine rings is 1. The molecule has 124 valence electrons. The van der Waals surface area contributed by atoms with Crippen molar-refractivity contribution < 1.29 is 0 Å². The van der Waals surface area contributed by atoms with Crippen LogP contribution in [0, 0.1) is 6.92 Å². The number of fused-ring (bicyclic) bond motifs is 1. The summed E-state index contributed by atoms with van der Waals surface area (Å²) in [7, 11) is 0. The molecule has 2 aromatic carbocycles. The Hall–Kier alpha value is -2.59. The van der Waals surface area contributed by atoms with Crippen LogP contribution >= 0.6 is 15.9 Å². The van der Waals surface area contributed by atoms with Crippen molar-refractivity contribution in [3.05, 3.63) is 94.4 Å². The quantitative estimate of drug-likeness (QED) is 0.458. The number of hydrogen-bond acceptors (Lipinski definition) is 2. The maximum absolute atomic E-state index is 4.17. The van der Waals surface area contributed by atoms with Crippen LogP contribution in [-0.4, -0.2) is 9.97 Å². The van der Waals surface area contributed by atoms with E-state index >= 15 is 0 Å². The zero-order valence-corrected chi connectivity index (χ0v) is 15.4. The fourth-order valence-electron chi connectivity index (χ4n) is 3.28. The maximum atomic E-state index is 4.17. The number of aryl methyl sites for hydroxylation is 1. The topological polar surface area (TPSA) is 40.7 Å². The number of aromatic nitrogens is 2. The smallest absolute Gasteiger partial charge is 0.0792 e. The second-order valence-corrected chi connectivity index (χ2v) is 6.90. The second-order valence-electron chi connectivity index (χ2n) is 6.05. The zero-order valence-electron chi connectivity index (χ0n) is 13.8. The highest BCUT2D eigenvalue weighted by atomic mass is 79.9. The molecule has 25 heavy (non-hydrogen) atoms. The van der Waals surface area contributed by atoms with Crippen molar-refractivity contribution in [3.8, 4) is 0 Å². The normalized spacial score (nSPS) is 12.2. The number of halogens is 1. The molecule has 0 aliphatic rings. The van der Waals surface area contributed by atoms with E-state index in [2.05, 4.69) is 80.6 Å². The standard InChI is InChI=1S/C21H18BrN3/c1-14-20(16-6-2-4-8-18(16)24-14)21(15-10-12-23-13-11-15)25-19-9-5-3-7-17(19)22/h2-13,21,24-25H,1H3/t21-/m0/s1. The minimum atomic E-state index is 0.0258. The first kappa shape index (κ1) is 15.9. The van der Waals surface area contributed by atoms with Crippen LogP contribution in [-0.2, 0) is 0 Å². The lowest BCUT2D eigenvalue weighted by atomic mass is 9.96. The molecular weight excluding hydrogens is 374 g/mol. The molecule has 3 nitrogen and oxygen atoms in total. The fraction of sp³-hybridized carbons (Fsp3) is 0.0952. The lowest BCUT2D eigenvalue weighted by Crippen LogP contribution is -2.13. The Bertz CT molecular complexity index is 1010. The van der Waals surface area contributed by atoms with E-state index in [1.54, 1.807) is 0 Å². The van der Waals surface area contributed by atoms with Crippen LogP contribution in [0.1, 0.15) is 22.9 Å². The minimum Gasteiger partial charge on any atom is -0.373 e. The number of nitrogens with one attached hydrogen (secondary N) is 2. The van der Waals surface area contributed by atoms with Crippen LogP contribution in [0.4, 0.5) is 5.69 Å². The van der Waals surface area contributed by atoms with Gasteiger partial charge in [-0.3, -0.25) is 4.98 Å². The number of aromatic amines is 1. The van der Waals surface area contributed by atoms with Gasteiger partial charge in [0.15, 0.2) is 0 Å².